The lowest BCUT2D eigenvalue weighted by atomic mass is 10.3. The molecule has 1 aliphatic carbocycles. The van der Waals surface area contributed by atoms with Crippen LogP contribution in [0.25, 0.3) is 0 Å². The first-order valence-corrected chi connectivity index (χ1v) is 4.19. The van der Waals surface area contributed by atoms with Gasteiger partial charge in [0.05, 0.1) is 0 Å². The molecule has 0 saturated heterocycles. The Labute approximate surface area is 67.4 Å². The third kappa shape index (κ3) is 3.01. The predicted octanol–water partition coefficient (Wildman–Crippen LogP) is 0.880. The van der Waals surface area contributed by atoms with E-state index in [9.17, 15) is 0 Å². The molecule has 1 aliphatic rings. The minimum atomic E-state index is 0.764. The quantitative estimate of drug-likeness (QED) is 0.596. The Morgan fingerprint density at radius 3 is 2.80 bits per heavy atom. The molecule has 1 saturated carbocycles. The van der Waals surface area contributed by atoms with Gasteiger partial charge in [-0.15, -0.1) is 0 Å². The second-order valence-corrected chi connectivity index (χ2v) is 3.15. The molecule has 2 N–H and O–H groups in total. The van der Waals surface area contributed by atoms with Crippen molar-refractivity contribution in [3.05, 3.63) is 0 Å². The fourth-order valence-corrected chi connectivity index (χ4v) is 0.987. The van der Waals surface area contributed by atoms with Gasteiger partial charge in [-0.3, -0.25) is 0 Å². The summed E-state index contributed by atoms with van der Waals surface area (Å²) in [5.74, 6) is 0.993. The number of nitrogens with one attached hydrogen (secondary N) is 2. The summed E-state index contributed by atoms with van der Waals surface area (Å²) >= 11 is 4.91. The molecule has 0 radical (unpaired) electrons. The second kappa shape index (κ2) is 3.76. The van der Waals surface area contributed by atoms with Crippen LogP contribution in [0.3, 0.4) is 0 Å². The third-order valence-corrected chi connectivity index (χ3v) is 2.11. The van der Waals surface area contributed by atoms with Gasteiger partial charge >= 0.3 is 0 Å². The lowest BCUT2D eigenvalue weighted by Crippen LogP contribution is -2.33. The number of thiocarbonyl (C=S) groups is 1. The molecular formula is C7H14N2S. The van der Waals surface area contributed by atoms with Crippen molar-refractivity contribution in [2.24, 2.45) is 5.92 Å². The van der Waals surface area contributed by atoms with Crippen LogP contribution in [0.1, 0.15) is 19.3 Å². The van der Waals surface area contributed by atoms with Crippen molar-refractivity contribution < 1.29 is 0 Å². The lowest BCUT2D eigenvalue weighted by molar-refractivity contribution is 0.696. The predicted molar refractivity (Wildman–Crippen MR) is 47.0 cm³/mol. The van der Waals surface area contributed by atoms with E-state index < -0.39 is 0 Å². The summed E-state index contributed by atoms with van der Waals surface area (Å²) < 4.78 is 0. The molecule has 3 heteroatoms. The summed E-state index contributed by atoms with van der Waals surface area (Å²) in [5, 5.41) is 6.77. The van der Waals surface area contributed by atoms with Crippen LogP contribution in [0.2, 0.25) is 0 Å². The SMILES string of the molecule is CNC(=S)NCCC1CC1. The first-order valence-electron chi connectivity index (χ1n) is 3.78. The van der Waals surface area contributed by atoms with E-state index in [0.29, 0.717) is 0 Å². The zero-order chi connectivity index (χ0) is 7.40. The summed E-state index contributed by atoms with van der Waals surface area (Å²) in [6.45, 7) is 1.03. The summed E-state index contributed by atoms with van der Waals surface area (Å²) in [6, 6.07) is 0. The summed E-state index contributed by atoms with van der Waals surface area (Å²) in [6.07, 6.45) is 4.13. The van der Waals surface area contributed by atoms with Gasteiger partial charge in [0.1, 0.15) is 0 Å². The molecule has 0 heterocycles. The van der Waals surface area contributed by atoms with Crippen LogP contribution in [0.5, 0.6) is 0 Å². The van der Waals surface area contributed by atoms with E-state index in [4.69, 9.17) is 12.2 Å². The minimum Gasteiger partial charge on any atom is -0.366 e. The Bertz CT molecular complexity index is 121. The molecule has 2 nitrogen and oxygen atoms in total. The normalized spacial score (nSPS) is 16.5. The molecule has 0 atom stereocenters. The highest BCUT2D eigenvalue weighted by Crippen LogP contribution is 2.31. The zero-order valence-corrected chi connectivity index (χ0v) is 7.13. The lowest BCUT2D eigenvalue weighted by Gasteiger charge is -2.04. The van der Waals surface area contributed by atoms with Crippen LogP contribution in [0, 0.1) is 5.92 Å². The summed E-state index contributed by atoms with van der Waals surface area (Å²) in [4.78, 5) is 0. The molecule has 0 aromatic carbocycles. The van der Waals surface area contributed by atoms with E-state index >= 15 is 0 Å². The largest absolute Gasteiger partial charge is 0.366 e. The van der Waals surface area contributed by atoms with Crippen LogP contribution in [-0.2, 0) is 0 Å². The first kappa shape index (κ1) is 7.79. The van der Waals surface area contributed by atoms with Crippen molar-refractivity contribution in [2.45, 2.75) is 19.3 Å². The van der Waals surface area contributed by atoms with E-state index in [1.807, 2.05) is 7.05 Å². The Kier molecular flexibility index (Phi) is 2.93. The fraction of sp³-hybridized carbons (Fsp3) is 0.857. The van der Waals surface area contributed by atoms with Gasteiger partial charge in [0.15, 0.2) is 5.11 Å². The van der Waals surface area contributed by atoms with Crippen molar-refractivity contribution >= 4 is 17.3 Å². The molecule has 10 heavy (non-hydrogen) atoms. The van der Waals surface area contributed by atoms with Crippen molar-refractivity contribution in [3.8, 4) is 0 Å². The van der Waals surface area contributed by atoms with E-state index in [1.165, 1.54) is 19.3 Å². The van der Waals surface area contributed by atoms with Crippen molar-refractivity contribution in [1.29, 1.82) is 0 Å². The van der Waals surface area contributed by atoms with Gasteiger partial charge in [-0.2, -0.15) is 0 Å². The zero-order valence-electron chi connectivity index (χ0n) is 6.31. The molecule has 58 valence electrons. The van der Waals surface area contributed by atoms with Gasteiger partial charge in [0, 0.05) is 13.6 Å². The molecule has 0 aliphatic heterocycles. The Hall–Kier alpha value is -0.310. The van der Waals surface area contributed by atoms with E-state index in [-0.39, 0.29) is 0 Å². The average molecular weight is 158 g/mol. The van der Waals surface area contributed by atoms with Crippen LogP contribution in [0.15, 0.2) is 0 Å². The average Bonchev–Trinajstić information content (AvgIpc) is 2.71. The number of hydrogen-bond acceptors (Lipinski definition) is 1. The van der Waals surface area contributed by atoms with E-state index in [1.54, 1.807) is 0 Å². The molecule has 1 rings (SSSR count). The maximum absolute atomic E-state index is 4.91. The molecule has 0 bridgehead atoms. The van der Waals surface area contributed by atoms with Crippen LogP contribution in [-0.4, -0.2) is 18.7 Å². The Morgan fingerprint density at radius 2 is 2.30 bits per heavy atom. The topological polar surface area (TPSA) is 24.1 Å². The van der Waals surface area contributed by atoms with Crippen LogP contribution in [0.4, 0.5) is 0 Å². The molecular weight excluding hydrogens is 144 g/mol. The highest BCUT2D eigenvalue weighted by atomic mass is 32.1. The smallest absolute Gasteiger partial charge is 0.166 e. The number of hydrogen-bond donors (Lipinski definition) is 2. The van der Waals surface area contributed by atoms with Crippen molar-refractivity contribution in [2.75, 3.05) is 13.6 Å². The van der Waals surface area contributed by atoms with Crippen molar-refractivity contribution in [1.82, 2.24) is 10.6 Å². The molecule has 0 amide bonds. The van der Waals surface area contributed by atoms with Crippen LogP contribution < -0.4 is 10.6 Å². The maximum atomic E-state index is 4.91. The highest BCUT2D eigenvalue weighted by molar-refractivity contribution is 7.80. The van der Waals surface area contributed by atoms with Crippen molar-refractivity contribution in [3.63, 3.8) is 0 Å². The third-order valence-electron chi connectivity index (χ3n) is 1.76. The van der Waals surface area contributed by atoms with Gasteiger partial charge in [-0.1, -0.05) is 12.8 Å². The van der Waals surface area contributed by atoms with Gasteiger partial charge in [-0.05, 0) is 24.6 Å². The Morgan fingerprint density at radius 1 is 1.60 bits per heavy atom. The summed E-state index contributed by atoms with van der Waals surface area (Å²) in [7, 11) is 1.84. The van der Waals surface area contributed by atoms with Gasteiger partial charge < -0.3 is 10.6 Å². The van der Waals surface area contributed by atoms with E-state index in [2.05, 4.69) is 10.6 Å². The molecule has 0 aromatic rings. The fourth-order valence-electron chi connectivity index (χ4n) is 0.885. The van der Waals surface area contributed by atoms with Crippen LogP contribution >= 0.6 is 12.2 Å². The van der Waals surface area contributed by atoms with Gasteiger partial charge in [0.2, 0.25) is 0 Å². The van der Waals surface area contributed by atoms with E-state index in [0.717, 1.165) is 17.6 Å². The maximum Gasteiger partial charge on any atom is 0.166 e. The molecule has 0 spiro atoms. The monoisotopic (exact) mass is 158 g/mol. The molecule has 0 unspecified atom stereocenters. The standard InChI is InChI=1S/C7H14N2S/c1-8-7(10)9-5-4-6-2-3-6/h6H,2-5H2,1H3,(H2,8,9,10). The second-order valence-electron chi connectivity index (χ2n) is 2.74. The summed E-state index contributed by atoms with van der Waals surface area (Å²) in [5.41, 5.74) is 0. The molecule has 0 aromatic heterocycles. The Balaban J connectivity index is 1.88. The number of rotatable bonds is 3. The minimum absolute atomic E-state index is 0.764. The first-order chi connectivity index (χ1) is 4.83. The highest BCUT2D eigenvalue weighted by Gasteiger charge is 2.19. The van der Waals surface area contributed by atoms with Gasteiger partial charge in [-0.25, -0.2) is 0 Å². The van der Waals surface area contributed by atoms with Gasteiger partial charge in [0.25, 0.3) is 0 Å². The molecule has 1 fully saturated rings.